The van der Waals surface area contributed by atoms with Crippen LogP contribution in [-0.4, -0.2) is 50.1 Å². The largest absolute Gasteiger partial charge is 0.369 e. The van der Waals surface area contributed by atoms with E-state index in [0.717, 1.165) is 25.2 Å². The molecule has 0 bridgehead atoms. The van der Waals surface area contributed by atoms with Crippen LogP contribution >= 0.6 is 0 Å². The number of pyridine rings is 1. The van der Waals surface area contributed by atoms with Gasteiger partial charge in [-0.25, -0.2) is 12.7 Å². The van der Waals surface area contributed by atoms with Crippen molar-refractivity contribution in [2.45, 2.75) is 6.42 Å². The van der Waals surface area contributed by atoms with Crippen LogP contribution in [0.1, 0.15) is 6.42 Å². The summed E-state index contributed by atoms with van der Waals surface area (Å²) in [7, 11) is -3.03. The molecule has 2 aliphatic rings. The van der Waals surface area contributed by atoms with Crippen molar-refractivity contribution in [3.05, 3.63) is 24.5 Å². The Morgan fingerprint density at radius 2 is 2.11 bits per heavy atom. The molecule has 0 amide bonds. The number of hydrogen-bond donors (Lipinski definition) is 0. The van der Waals surface area contributed by atoms with Crippen LogP contribution < -0.4 is 4.90 Å². The first kappa shape index (κ1) is 11.9. The molecule has 0 aliphatic carbocycles. The summed E-state index contributed by atoms with van der Waals surface area (Å²) in [5.74, 6) is 0. The summed E-state index contributed by atoms with van der Waals surface area (Å²) < 4.78 is 24.6. The van der Waals surface area contributed by atoms with E-state index in [1.807, 2.05) is 18.3 Å². The molecule has 1 aromatic heterocycles. The van der Waals surface area contributed by atoms with Gasteiger partial charge in [-0.05, 0) is 18.6 Å². The predicted octanol–water partition coefficient (Wildman–Crippen LogP) is 0.553. The predicted molar refractivity (Wildman–Crippen MR) is 69.9 cm³/mol. The molecule has 0 unspecified atom stereocenters. The highest BCUT2D eigenvalue weighted by Crippen LogP contribution is 2.42. The first-order chi connectivity index (χ1) is 8.49. The van der Waals surface area contributed by atoms with E-state index in [0.29, 0.717) is 13.1 Å². The molecule has 0 aromatic carbocycles. The van der Waals surface area contributed by atoms with Crippen molar-refractivity contribution in [3.8, 4) is 0 Å². The fraction of sp³-hybridized carbons (Fsp3) is 0.583. The fourth-order valence-electron chi connectivity index (χ4n) is 2.92. The van der Waals surface area contributed by atoms with E-state index in [2.05, 4.69) is 9.88 Å². The minimum atomic E-state index is -3.03. The summed E-state index contributed by atoms with van der Waals surface area (Å²) in [6, 6.07) is 3.97. The number of anilines is 1. The quantitative estimate of drug-likeness (QED) is 0.785. The Morgan fingerprint density at radius 1 is 1.33 bits per heavy atom. The first-order valence-corrected chi connectivity index (χ1v) is 7.94. The van der Waals surface area contributed by atoms with E-state index in [4.69, 9.17) is 0 Å². The highest BCUT2D eigenvalue weighted by atomic mass is 32.2. The second-order valence-corrected chi connectivity index (χ2v) is 7.40. The van der Waals surface area contributed by atoms with Gasteiger partial charge in [0.05, 0.1) is 18.1 Å². The fourth-order valence-corrected chi connectivity index (χ4v) is 3.85. The second-order valence-electron chi connectivity index (χ2n) is 5.41. The third-order valence-corrected chi connectivity index (χ3v) is 5.19. The minimum Gasteiger partial charge on any atom is -0.369 e. The molecule has 0 atom stereocenters. The average molecular weight is 267 g/mol. The summed E-state index contributed by atoms with van der Waals surface area (Å²) in [6.45, 7) is 3.21. The van der Waals surface area contributed by atoms with Crippen LogP contribution in [0.3, 0.4) is 0 Å². The normalized spacial score (nSPS) is 23.3. The van der Waals surface area contributed by atoms with Crippen molar-refractivity contribution in [2.75, 3.05) is 37.3 Å². The van der Waals surface area contributed by atoms with Crippen molar-refractivity contribution < 1.29 is 8.42 Å². The van der Waals surface area contributed by atoms with E-state index in [1.54, 1.807) is 10.5 Å². The van der Waals surface area contributed by atoms with Crippen molar-refractivity contribution in [1.29, 1.82) is 0 Å². The maximum Gasteiger partial charge on any atom is 0.211 e. The molecular weight excluding hydrogens is 250 g/mol. The van der Waals surface area contributed by atoms with Crippen LogP contribution in [-0.2, 0) is 10.0 Å². The van der Waals surface area contributed by atoms with Crippen molar-refractivity contribution >= 4 is 15.7 Å². The van der Waals surface area contributed by atoms with Gasteiger partial charge in [0.2, 0.25) is 10.0 Å². The molecule has 1 aromatic rings. The molecule has 3 heterocycles. The SMILES string of the molecule is CS(=O)(=O)N1CCC2(CN(c3cccnc3)C2)C1. The molecule has 2 saturated heterocycles. The highest BCUT2D eigenvalue weighted by molar-refractivity contribution is 7.88. The Hall–Kier alpha value is -1.14. The monoisotopic (exact) mass is 267 g/mol. The van der Waals surface area contributed by atoms with Gasteiger partial charge in [-0.3, -0.25) is 4.98 Å². The van der Waals surface area contributed by atoms with Gasteiger partial charge in [0, 0.05) is 37.8 Å². The Labute approximate surface area is 107 Å². The van der Waals surface area contributed by atoms with Crippen LogP contribution in [0.15, 0.2) is 24.5 Å². The number of rotatable bonds is 2. The van der Waals surface area contributed by atoms with Crippen molar-refractivity contribution in [2.24, 2.45) is 5.41 Å². The van der Waals surface area contributed by atoms with Gasteiger partial charge in [0.25, 0.3) is 0 Å². The molecule has 98 valence electrons. The molecule has 2 fully saturated rings. The average Bonchev–Trinajstić information content (AvgIpc) is 2.73. The molecular formula is C12H17N3O2S. The zero-order chi connectivity index (χ0) is 12.8. The van der Waals surface area contributed by atoms with Gasteiger partial charge in [-0.2, -0.15) is 0 Å². The van der Waals surface area contributed by atoms with Gasteiger partial charge >= 0.3 is 0 Å². The van der Waals surface area contributed by atoms with E-state index in [1.165, 1.54) is 6.26 Å². The zero-order valence-electron chi connectivity index (χ0n) is 10.4. The summed E-state index contributed by atoms with van der Waals surface area (Å²) in [5, 5.41) is 0. The van der Waals surface area contributed by atoms with Gasteiger partial charge < -0.3 is 4.90 Å². The molecule has 6 heteroatoms. The first-order valence-electron chi connectivity index (χ1n) is 6.09. The van der Waals surface area contributed by atoms with Crippen LogP contribution in [0.25, 0.3) is 0 Å². The minimum absolute atomic E-state index is 0.166. The summed E-state index contributed by atoms with van der Waals surface area (Å²) in [6.07, 6.45) is 5.89. The van der Waals surface area contributed by atoms with Crippen LogP contribution in [0.5, 0.6) is 0 Å². The van der Waals surface area contributed by atoms with Gasteiger partial charge in [0.15, 0.2) is 0 Å². The lowest BCUT2D eigenvalue weighted by Gasteiger charge is -2.49. The lowest BCUT2D eigenvalue weighted by atomic mass is 9.79. The Morgan fingerprint density at radius 3 is 2.67 bits per heavy atom. The van der Waals surface area contributed by atoms with Crippen LogP contribution in [0.2, 0.25) is 0 Å². The van der Waals surface area contributed by atoms with Gasteiger partial charge in [0.1, 0.15) is 0 Å². The molecule has 0 radical (unpaired) electrons. The number of hydrogen-bond acceptors (Lipinski definition) is 4. The topological polar surface area (TPSA) is 53.5 Å². The molecule has 5 nitrogen and oxygen atoms in total. The summed E-state index contributed by atoms with van der Waals surface area (Å²) >= 11 is 0. The molecule has 0 saturated carbocycles. The summed E-state index contributed by atoms with van der Waals surface area (Å²) in [4.78, 5) is 6.37. The lowest BCUT2D eigenvalue weighted by molar-refractivity contribution is 0.230. The maximum absolute atomic E-state index is 11.5. The van der Waals surface area contributed by atoms with Crippen LogP contribution in [0, 0.1) is 5.41 Å². The van der Waals surface area contributed by atoms with E-state index in [-0.39, 0.29) is 5.41 Å². The third-order valence-electron chi connectivity index (χ3n) is 3.94. The molecule has 1 spiro atoms. The molecule has 3 rings (SSSR count). The Kier molecular flexibility index (Phi) is 2.60. The number of sulfonamides is 1. The lowest BCUT2D eigenvalue weighted by Crippen LogP contribution is -2.58. The third kappa shape index (κ3) is 1.99. The summed E-state index contributed by atoms with van der Waals surface area (Å²) in [5.41, 5.74) is 1.29. The smallest absolute Gasteiger partial charge is 0.211 e. The van der Waals surface area contributed by atoms with Crippen molar-refractivity contribution in [1.82, 2.24) is 9.29 Å². The van der Waals surface area contributed by atoms with E-state index < -0.39 is 10.0 Å². The standard InChI is InChI=1S/C12H17N3O2S/c1-18(16,17)15-6-4-12(10-15)8-14(9-12)11-3-2-5-13-7-11/h2-3,5,7H,4,6,8-10H2,1H3. The highest BCUT2D eigenvalue weighted by Gasteiger charge is 2.49. The Bertz CT molecular complexity index is 538. The molecule has 18 heavy (non-hydrogen) atoms. The number of aromatic nitrogens is 1. The molecule has 2 aliphatic heterocycles. The van der Waals surface area contributed by atoms with E-state index >= 15 is 0 Å². The second kappa shape index (κ2) is 3.93. The van der Waals surface area contributed by atoms with Gasteiger partial charge in [-0.1, -0.05) is 0 Å². The Balaban J connectivity index is 1.66. The van der Waals surface area contributed by atoms with Crippen molar-refractivity contribution in [3.63, 3.8) is 0 Å². The number of nitrogens with zero attached hydrogens (tertiary/aromatic N) is 3. The van der Waals surface area contributed by atoms with Crippen LogP contribution in [0.4, 0.5) is 5.69 Å². The maximum atomic E-state index is 11.5. The van der Waals surface area contributed by atoms with E-state index in [9.17, 15) is 8.42 Å². The zero-order valence-corrected chi connectivity index (χ0v) is 11.2. The van der Waals surface area contributed by atoms with Gasteiger partial charge in [-0.15, -0.1) is 0 Å². The molecule has 0 N–H and O–H groups in total.